The summed E-state index contributed by atoms with van der Waals surface area (Å²) < 4.78 is 1.87. The van der Waals surface area contributed by atoms with Gasteiger partial charge in [-0.05, 0) is 19.9 Å². The first-order valence-corrected chi connectivity index (χ1v) is 8.12. The van der Waals surface area contributed by atoms with Gasteiger partial charge in [-0.15, -0.1) is 11.3 Å². The fourth-order valence-electron chi connectivity index (χ4n) is 2.39. The van der Waals surface area contributed by atoms with Gasteiger partial charge in [-0.3, -0.25) is 10.1 Å². The highest BCUT2D eigenvalue weighted by Crippen LogP contribution is 2.26. The largest absolute Gasteiger partial charge is 0.339 e. The SMILES string of the molecule is CC(C)n1cc(Cl)cc1C(=O)Nc1nc2c(s1)CNCC2. The molecule has 0 saturated carbocycles. The molecule has 0 bridgehead atoms. The van der Waals surface area contributed by atoms with Gasteiger partial charge in [0.15, 0.2) is 5.13 Å². The molecule has 2 aromatic rings. The molecule has 0 saturated heterocycles. The minimum atomic E-state index is -0.172. The number of rotatable bonds is 3. The monoisotopic (exact) mass is 324 g/mol. The van der Waals surface area contributed by atoms with Crippen molar-refractivity contribution in [1.82, 2.24) is 14.9 Å². The lowest BCUT2D eigenvalue weighted by Gasteiger charge is -2.11. The third-order valence-corrected chi connectivity index (χ3v) is 4.65. The number of amides is 1. The summed E-state index contributed by atoms with van der Waals surface area (Å²) in [7, 11) is 0. The summed E-state index contributed by atoms with van der Waals surface area (Å²) >= 11 is 7.55. The number of nitrogens with zero attached hydrogens (tertiary/aromatic N) is 2. The van der Waals surface area contributed by atoms with Gasteiger partial charge in [-0.2, -0.15) is 0 Å². The summed E-state index contributed by atoms with van der Waals surface area (Å²) in [6.07, 6.45) is 2.69. The van der Waals surface area contributed by atoms with Crippen molar-refractivity contribution >= 4 is 34.0 Å². The van der Waals surface area contributed by atoms with Crippen LogP contribution in [0.15, 0.2) is 12.3 Å². The van der Waals surface area contributed by atoms with Crippen molar-refractivity contribution in [3.8, 4) is 0 Å². The second-order valence-electron chi connectivity index (χ2n) is 5.31. The maximum absolute atomic E-state index is 12.4. The highest BCUT2D eigenvalue weighted by atomic mass is 35.5. The molecular weight excluding hydrogens is 308 g/mol. The van der Waals surface area contributed by atoms with Gasteiger partial charge in [0.05, 0.1) is 10.7 Å². The average molecular weight is 325 g/mol. The van der Waals surface area contributed by atoms with Crippen LogP contribution >= 0.6 is 22.9 Å². The summed E-state index contributed by atoms with van der Waals surface area (Å²) in [5.74, 6) is -0.172. The van der Waals surface area contributed by atoms with Gasteiger partial charge in [0, 0.05) is 36.6 Å². The Morgan fingerprint density at radius 2 is 2.38 bits per heavy atom. The molecule has 3 rings (SSSR count). The normalized spacial score (nSPS) is 14.3. The van der Waals surface area contributed by atoms with E-state index in [1.807, 2.05) is 18.4 Å². The molecule has 0 fully saturated rings. The number of hydrogen-bond donors (Lipinski definition) is 2. The van der Waals surface area contributed by atoms with Crippen LogP contribution in [0.4, 0.5) is 5.13 Å². The van der Waals surface area contributed by atoms with Crippen LogP contribution in [0.25, 0.3) is 0 Å². The topological polar surface area (TPSA) is 59.0 Å². The Morgan fingerprint density at radius 1 is 1.57 bits per heavy atom. The fraction of sp³-hybridized carbons (Fsp3) is 0.429. The Bertz CT molecular complexity index is 653. The minimum Gasteiger partial charge on any atom is -0.339 e. The summed E-state index contributed by atoms with van der Waals surface area (Å²) in [5, 5.41) is 7.41. The van der Waals surface area contributed by atoms with Gasteiger partial charge in [0.2, 0.25) is 0 Å². The van der Waals surface area contributed by atoms with Crippen molar-refractivity contribution in [3.63, 3.8) is 0 Å². The Labute approximate surface area is 132 Å². The molecule has 1 aliphatic rings. The van der Waals surface area contributed by atoms with Crippen LogP contribution in [0.2, 0.25) is 5.02 Å². The standard InChI is InChI=1S/C14H17ClN4OS/c1-8(2)19-7-9(15)5-11(19)13(20)18-14-17-10-3-4-16-6-12(10)21-14/h5,7-8,16H,3-4,6H2,1-2H3,(H,17,18,20). The van der Waals surface area contributed by atoms with Crippen LogP contribution in [0.3, 0.4) is 0 Å². The number of carbonyl (C=O) groups excluding carboxylic acids is 1. The van der Waals surface area contributed by atoms with E-state index in [0.29, 0.717) is 15.8 Å². The molecule has 0 aliphatic carbocycles. The maximum atomic E-state index is 12.4. The van der Waals surface area contributed by atoms with Gasteiger partial charge in [0.1, 0.15) is 5.69 Å². The first-order valence-electron chi connectivity index (χ1n) is 6.92. The molecule has 7 heteroatoms. The van der Waals surface area contributed by atoms with E-state index in [1.54, 1.807) is 12.3 Å². The third kappa shape index (κ3) is 2.97. The lowest BCUT2D eigenvalue weighted by Crippen LogP contribution is -2.22. The van der Waals surface area contributed by atoms with Crippen molar-refractivity contribution in [1.29, 1.82) is 0 Å². The van der Waals surface area contributed by atoms with Crippen LogP contribution in [0, 0.1) is 0 Å². The lowest BCUT2D eigenvalue weighted by atomic mass is 10.2. The molecular formula is C14H17ClN4OS. The molecule has 1 amide bonds. The number of hydrogen-bond acceptors (Lipinski definition) is 4. The first kappa shape index (κ1) is 14.6. The van der Waals surface area contributed by atoms with E-state index in [-0.39, 0.29) is 11.9 Å². The zero-order valence-corrected chi connectivity index (χ0v) is 13.5. The zero-order valence-electron chi connectivity index (χ0n) is 11.9. The lowest BCUT2D eigenvalue weighted by molar-refractivity contribution is 0.101. The van der Waals surface area contributed by atoms with Crippen LogP contribution in [0.1, 0.15) is 40.9 Å². The van der Waals surface area contributed by atoms with Crippen molar-refractivity contribution in [3.05, 3.63) is 33.6 Å². The van der Waals surface area contributed by atoms with Gasteiger partial charge in [-0.25, -0.2) is 4.98 Å². The fourth-order valence-corrected chi connectivity index (χ4v) is 3.58. The molecule has 0 radical (unpaired) electrons. The Kier molecular flexibility index (Phi) is 4.01. The molecule has 2 aromatic heterocycles. The van der Waals surface area contributed by atoms with Gasteiger partial charge < -0.3 is 9.88 Å². The van der Waals surface area contributed by atoms with E-state index in [9.17, 15) is 4.79 Å². The van der Waals surface area contributed by atoms with Crippen LogP contribution in [-0.4, -0.2) is 22.0 Å². The van der Waals surface area contributed by atoms with E-state index in [0.717, 1.165) is 25.2 Å². The highest BCUT2D eigenvalue weighted by molar-refractivity contribution is 7.15. The van der Waals surface area contributed by atoms with Crippen LogP contribution in [-0.2, 0) is 13.0 Å². The Balaban J connectivity index is 1.81. The van der Waals surface area contributed by atoms with E-state index < -0.39 is 0 Å². The van der Waals surface area contributed by atoms with Crippen molar-refractivity contribution in [2.24, 2.45) is 0 Å². The number of aromatic nitrogens is 2. The van der Waals surface area contributed by atoms with Gasteiger partial charge in [-0.1, -0.05) is 11.6 Å². The molecule has 5 nitrogen and oxygen atoms in total. The number of anilines is 1. The molecule has 21 heavy (non-hydrogen) atoms. The molecule has 2 N–H and O–H groups in total. The number of carbonyl (C=O) groups is 1. The number of fused-ring (bicyclic) bond motifs is 1. The molecule has 0 unspecified atom stereocenters. The second-order valence-corrected chi connectivity index (χ2v) is 6.83. The van der Waals surface area contributed by atoms with E-state index in [4.69, 9.17) is 11.6 Å². The first-order chi connectivity index (χ1) is 10.0. The number of thiazole rings is 1. The van der Waals surface area contributed by atoms with Crippen LogP contribution in [0.5, 0.6) is 0 Å². The van der Waals surface area contributed by atoms with E-state index >= 15 is 0 Å². The molecule has 0 spiro atoms. The van der Waals surface area contributed by atoms with Crippen molar-refractivity contribution < 1.29 is 4.79 Å². The molecule has 1 aliphatic heterocycles. The molecule has 3 heterocycles. The van der Waals surface area contributed by atoms with Crippen molar-refractivity contribution in [2.45, 2.75) is 32.9 Å². The summed E-state index contributed by atoms with van der Waals surface area (Å²) in [5.41, 5.74) is 1.65. The van der Waals surface area contributed by atoms with Gasteiger partial charge >= 0.3 is 0 Å². The Hall–Kier alpha value is -1.37. The second kappa shape index (κ2) is 5.79. The summed E-state index contributed by atoms with van der Waals surface area (Å²) in [4.78, 5) is 18.1. The average Bonchev–Trinajstić information content (AvgIpc) is 3.01. The maximum Gasteiger partial charge on any atom is 0.274 e. The van der Waals surface area contributed by atoms with E-state index in [1.165, 1.54) is 16.2 Å². The smallest absolute Gasteiger partial charge is 0.274 e. The minimum absolute atomic E-state index is 0.172. The predicted octanol–water partition coefficient (Wildman–Crippen LogP) is 3.08. The van der Waals surface area contributed by atoms with Crippen LogP contribution < -0.4 is 10.6 Å². The predicted molar refractivity (Wildman–Crippen MR) is 85.3 cm³/mol. The van der Waals surface area contributed by atoms with Gasteiger partial charge in [0.25, 0.3) is 5.91 Å². The third-order valence-electron chi connectivity index (χ3n) is 3.43. The molecule has 0 aromatic carbocycles. The summed E-state index contributed by atoms with van der Waals surface area (Å²) in [6.45, 7) is 5.80. The Morgan fingerprint density at radius 3 is 3.10 bits per heavy atom. The van der Waals surface area contributed by atoms with E-state index in [2.05, 4.69) is 15.6 Å². The molecule has 0 atom stereocenters. The quantitative estimate of drug-likeness (QED) is 0.912. The highest BCUT2D eigenvalue weighted by Gasteiger charge is 2.19. The van der Waals surface area contributed by atoms with Crippen molar-refractivity contribution in [2.75, 3.05) is 11.9 Å². The number of nitrogens with one attached hydrogen (secondary N) is 2. The zero-order chi connectivity index (χ0) is 15.0. The summed E-state index contributed by atoms with van der Waals surface area (Å²) in [6, 6.07) is 1.86. The molecule has 112 valence electrons. The number of halogens is 1.